The molecule has 0 spiro atoms. The Hall–Kier alpha value is -0.520. The van der Waals surface area contributed by atoms with Gasteiger partial charge in [0.1, 0.15) is 0 Å². The lowest BCUT2D eigenvalue weighted by molar-refractivity contribution is -0.360. The van der Waals surface area contributed by atoms with E-state index in [2.05, 4.69) is 16.7 Å². The summed E-state index contributed by atoms with van der Waals surface area (Å²) in [5.41, 5.74) is 0. The van der Waals surface area contributed by atoms with E-state index < -0.39 is 96.1 Å². The van der Waals surface area contributed by atoms with E-state index in [1.165, 1.54) is 0 Å². The molecule has 0 aromatic rings. The molecule has 0 rings (SSSR count). The van der Waals surface area contributed by atoms with Crippen molar-refractivity contribution in [3.8, 4) is 0 Å². The van der Waals surface area contributed by atoms with E-state index in [0.717, 1.165) is 0 Å². The molecule has 0 saturated heterocycles. The third-order valence-corrected chi connectivity index (χ3v) is 6.84. The minimum atomic E-state index is -5.16. The Balaban J connectivity index is 6.58. The van der Waals surface area contributed by atoms with Crippen LogP contribution >= 0.6 is 0 Å². The number of aliphatic hydroxyl groups is 4. The summed E-state index contributed by atoms with van der Waals surface area (Å²) in [6.07, 6.45) is -4.36. The first kappa shape index (κ1) is 28.5. The van der Waals surface area contributed by atoms with E-state index in [1.54, 1.807) is 0 Å². The molecule has 0 aliphatic heterocycles. The molecule has 0 aromatic heterocycles. The van der Waals surface area contributed by atoms with Crippen molar-refractivity contribution in [3.05, 3.63) is 0 Å². The average Bonchev–Trinajstić information content (AvgIpc) is 2.43. The maximum Gasteiger partial charge on any atom is 0.471 e. The fourth-order valence-corrected chi connectivity index (χ4v) is 4.46. The van der Waals surface area contributed by atoms with Crippen molar-refractivity contribution in [2.45, 2.75) is 6.16 Å². The molecule has 0 fully saturated rings. The molecule has 0 aromatic carbocycles. The molecule has 0 radical (unpaired) electrons. The van der Waals surface area contributed by atoms with E-state index in [0.29, 0.717) is 0 Å². The van der Waals surface area contributed by atoms with Crippen LogP contribution in [0.3, 0.4) is 0 Å². The van der Waals surface area contributed by atoms with Crippen LogP contribution in [0.15, 0.2) is 0 Å². The van der Waals surface area contributed by atoms with Gasteiger partial charge in [-0.25, -0.2) is 0 Å². The molecular formula is C9H20O16S4. The summed E-state index contributed by atoms with van der Waals surface area (Å²) in [4.78, 5) is 0. The second-order valence-corrected chi connectivity index (χ2v) is 11.5. The van der Waals surface area contributed by atoms with Gasteiger partial charge in [0.25, 0.3) is 40.5 Å². The second kappa shape index (κ2) is 11.2. The lowest BCUT2D eigenvalue weighted by Crippen LogP contribution is -2.50. The van der Waals surface area contributed by atoms with Crippen LogP contribution in [0.2, 0.25) is 0 Å². The highest BCUT2D eigenvalue weighted by Gasteiger charge is 2.53. The Kier molecular flexibility index (Phi) is 11.0. The molecule has 176 valence electrons. The maximum atomic E-state index is 11.8. The first-order valence-electron chi connectivity index (χ1n) is 7.24. The summed E-state index contributed by atoms with van der Waals surface area (Å²) >= 11 is 0. The summed E-state index contributed by atoms with van der Waals surface area (Å²) in [5, 5.41) is 34.9. The van der Waals surface area contributed by atoms with Gasteiger partial charge < -0.3 is 20.4 Å². The molecule has 29 heavy (non-hydrogen) atoms. The van der Waals surface area contributed by atoms with Gasteiger partial charge in [0, 0.05) is 0 Å². The van der Waals surface area contributed by atoms with Gasteiger partial charge in [0.05, 0.1) is 49.4 Å². The zero-order valence-electron chi connectivity index (χ0n) is 14.5. The minimum Gasteiger partial charge on any atom is -0.395 e. The Bertz CT molecular complexity index is 757. The van der Waals surface area contributed by atoms with Gasteiger partial charge in [0.15, 0.2) is 0 Å². The highest BCUT2D eigenvalue weighted by atomic mass is 32.2. The lowest BCUT2D eigenvalue weighted by Gasteiger charge is -2.28. The van der Waals surface area contributed by atoms with E-state index in [4.69, 9.17) is 20.4 Å². The van der Waals surface area contributed by atoms with Crippen LogP contribution in [-0.2, 0) is 57.2 Å². The van der Waals surface area contributed by atoms with Crippen LogP contribution in [0.1, 0.15) is 0 Å². The average molecular weight is 513 g/mol. The van der Waals surface area contributed by atoms with Gasteiger partial charge in [-0.05, 0) is 0 Å². The van der Waals surface area contributed by atoms with E-state index in [-0.39, 0.29) is 0 Å². The van der Waals surface area contributed by atoms with Crippen molar-refractivity contribution in [2.75, 3.05) is 49.4 Å². The monoisotopic (exact) mass is 512 g/mol. The summed E-state index contributed by atoms with van der Waals surface area (Å²) in [6.45, 7) is -4.58. The SMILES string of the molecule is O=S(=O)(CCO)OC(OS(=O)(=O)CCO)(OS(=O)(=O)CCO)OS(=O)(=O)CCO. The molecular weight excluding hydrogens is 492 g/mol. The summed E-state index contributed by atoms with van der Waals surface area (Å²) in [5.74, 6) is -5.26. The Labute approximate surface area is 167 Å². The van der Waals surface area contributed by atoms with Crippen molar-refractivity contribution in [1.29, 1.82) is 0 Å². The Morgan fingerprint density at radius 1 is 0.448 bits per heavy atom. The number of aliphatic hydroxyl groups excluding tert-OH is 4. The quantitative estimate of drug-likeness (QED) is 0.111. The molecule has 4 N–H and O–H groups in total. The molecule has 0 aliphatic rings. The molecule has 16 nitrogen and oxygen atoms in total. The first-order valence-corrected chi connectivity index (χ1v) is 13.5. The van der Waals surface area contributed by atoms with Gasteiger partial charge in [-0.3, -0.25) is 0 Å². The molecule has 0 unspecified atom stereocenters. The number of hydrogen-bond acceptors (Lipinski definition) is 16. The van der Waals surface area contributed by atoms with Crippen molar-refractivity contribution >= 4 is 40.5 Å². The van der Waals surface area contributed by atoms with Gasteiger partial charge >= 0.3 is 6.16 Å². The number of hydrogen-bond donors (Lipinski definition) is 4. The zero-order valence-corrected chi connectivity index (χ0v) is 17.7. The van der Waals surface area contributed by atoms with Gasteiger partial charge in [-0.2, -0.15) is 50.4 Å². The summed E-state index contributed by atoms with van der Waals surface area (Å²) in [7, 11) is -20.6. The van der Waals surface area contributed by atoms with Gasteiger partial charge in [-0.15, -0.1) is 0 Å². The molecule has 0 amide bonds. The Morgan fingerprint density at radius 2 is 0.621 bits per heavy atom. The minimum absolute atomic E-state index is 1.14. The predicted octanol–water partition coefficient (Wildman–Crippen LogP) is -5.05. The largest absolute Gasteiger partial charge is 0.471 e. The molecule has 0 saturated carbocycles. The van der Waals surface area contributed by atoms with Crippen molar-refractivity contribution in [3.63, 3.8) is 0 Å². The first-order chi connectivity index (χ1) is 13.1. The number of rotatable bonds is 16. The summed E-state index contributed by atoms with van der Waals surface area (Å²) < 4.78 is 111. The van der Waals surface area contributed by atoms with E-state index in [9.17, 15) is 33.7 Å². The standard InChI is InChI=1S/C9H20O16S4/c10-1-5-26(14,15)22-9(23-27(16,17)6-2-11,24-28(18,19)7-3-12)25-29(20,21)8-4-13/h10-13H,1-8H2. The van der Waals surface area contributed by atoms with Crippen molar-refractivity contribution in [1.82, 2.24) is 0 Å². The predicted molar refractivity (Wildman–Crippen MR) is 90.6 cm³/mol. The van der Waals surface area contributed by atoms with Crippen molar-refractivity contribution in [2.24, 2.45) is 0 Å². The highest BCUT2D eigenvalue weighted by molar-refractivity contribution is 7.88. The topological polar surface area (TPSA) is 254 Å². The Morgan fingerprint density at radius 3 is 0.759 bits per heavy atom. The molecule has 0 bridgehead atoms. The van der Waals surface area contributed by atoms with Crippen molar-refractivity contribution < 1.29 is 70.8 Å². The highest BCUT2D eigenvalue weighted by Crippen LogP contribution is 2.28. The van der Waals surface area contributed by atoms with Crippen LogP contribution < -0.4 is 0 Å². The third kappa shape index (κ3) is 11.4. The lowest BCUT2D eigenvalue weighted by atomic mass is 10.9. The third-order valence-electron chi connectivity index (χ3n) is 2.28. The zero-order chi connectivity index (χ0) is 23.0. The van der Waals surface area contributed by atoms with E-state index >= 15 is 0 Å². The molecule has 0 atom stereocenters. The maximum absolute atomic E-state index is 11.8. The normalized spacial score (nSPS) is 14.2. The van der Waals surface area contributed by atoms with Gasteiger partial charge in [0.2, 0.25) is 0 Å². The fourth-order valence-electron chi connectivity index (χ4n) is 1.32. The van der Waals surface area contributed by atoms with Gasteiger partial charge in [-0.1, -0.05) is 0 Å². The van der Waals surface area contributed by atoms with Crippen LogP contribution in [0, 0.1) is 0 Å². The molecule has 20 heteroatoms. The van der Waals surface area contributed by atoms with Crippen LogP contribution in [0.25, 0.3) is 0 Å². The second-order valence-electron chi connectivity index (χ2n) is 4.77. The summed E-state index contributed by atoms with van der Waals surface area (Å²) in [6, 6.07) is 0. The van der Waals surface area contributed by atoms with Crippen LogP contribution in [0.4, 0.5) is 0 Å². The smallest absolute Gasteiger partial charge is 0.395 e. The van der Waals surface area contributed by atoms with Crippen LogP contribution in [0.5, 0.6) is 0 Å². The molecule has 0 heterocycles. The van der Waals surface area contributed by atoms with E-state index in [1.807, 2.05) is 0 Å². The fraction of sp³-hybridized carbons (Fsp3) is 1.00. The molecule has 0 aliphatic carbocycles. The van der Waals surface area contributed by atoms with Crippen LogP contribution in [-0.4, -0.2) is 110 Å².